The fourth-order valence-corrected chi connectivity index (χ4v) is 2.86. The number of aryl methyl sites for hydroxylation is 1. The summed E-state index contributed by atoms with van der Waals surface area (Å²) in [6, 6.07) is 7.93. The van der Waals surface area contributed by atoms with Crippen LogP contribution in [-0.2, 0) is 20.7 Å². The van der Waals surface area contributed by atoms with Crippen LogP contribution in [0.2, 0.25) is 0 Å². The molecule has 0 radical (unpaired) electrons. The van der Waals surface area contributed by atoms with Gasteiger partial charge >= 0.3 is 0 Å². The zero-order valence-electron chi connectivity index (χ0n) is 15.3. The van der Waals surface area contributed by atoms with Crippen molar-refractivity contribution in [1.29, 1.82) is 0 Å². The monoisotopic (exact) mass is 347 g/mol. The maximum atomic E-state index is 12.1. The second kappa shape index (κ2) is 10.2. The fraction of sp³-hybridized carbons (Fsp3) is 0.579. The van der Waals surface area contributed by atoms with Gasteiger partial charge in [0.25, 0.3) is 0 Å². The summed E-state index contributed by atoms with van der Waals surface area (Å²) in [5.74, 6) is -0.0740. The van der Waals surface area contributed by atoms with Crippen LogP contribution in [0.15, 0.2) is 24.3 Å². The molecule has 1 N–H and O–H groups in total. The van der Waals surface area contributed by atoms with Crippen LogP contribution in [0.25, 0.3) is 0 Å². The summed E-state index contributed by atoms with van der Waals surface area (Å²) in [4.78, 5) is 27.9. The molecule has 1 heterocycles. The highest BCUT2D eigenvalue weighted by Crippen LogP contribution is 2.16. The van der Waals surface area contributed by atoms with Crippen LogP contribution in [0, 0.1) is 0 Å². The molecular weight excluding hydrogens is 318 g/mol. The highest BCUT2D eigenvalue weighted by atomic mass is 16.5. The van der Waals surface area contributed by atoms with Crippen molar-refractivity contribution in [2.45, 2.75) is 26.7 Å². The Labute approximate surface area is 150 Å². The van der Waals surface area contributed by atoms with E-state index in [-0.39, 0.29) is 11.8 Å². The molecule has 0 atom stereocenters. The van der Waals surface area contributed by atoms with Crippen LogP contribution in [0.5, 0.6) is 0 Å². The minimum absolute atomic E-state index is 0.0234. The van der Waals surface area contributed by atoms with Crippen molar-refractivity contribution < 1.29 is 14.3 Å². The van der Waals surface area contributed by atoms with Gasteiger partial charge in [-0.3, -0.25) is 14.5 Å². The van der Waals surface area contributed by atoms with Gasteiger partial charge in [-0.15, -0.1) is 0 Å². The smallest absolute Gasteiger partial charge is 0.223 e. The maximum Gasteiger partial charge on any atom is 0.223 e. The van der Waals surface area contributed by atoms with E-state index in [2.05, 4.69) is 17.1 Å². The molecule has 0 saturated carbocycles. The molecule has 0 spiro atoms. The van der Waals surface area contributed by atoms with Crippen LogP contribution in [0.3, 0.4) is 0 Å². The number of amides is 2. The molecule has 0 bridgehead atoms. The molecule has 0 aromatic heterocycles. The summed E-state index contributed by atoms with van der Waals surface area (Å²) in [5, 5.41) is 2.93. The van der Waals surface area contributed by atoms with Gasteiger partial charge in [-0.2, -0.15) is 0 Å². The van der Waals surface area contributed by atoms with Crippen molar-refractivity contribution in [2.24, 2.45) is 0 Å². The second-order valence-electron chi connectivity index (χ2n) is 6.24. The third kappa shape index (κ3) is 6.48. The van der Waals surface area contributed by atoms with E-state index in [1.54, 1.807) is 4.90 Å². The maximum absolute atomic E-state index is 12.1. The number of nitrogens with one attached hydrogen (secondary N) is 1. The number of hydrogen-bond donors (Lipinski definition) is 1. The Kier molecular flexibility index (Phi) is 7.88. The van der Waals surface area contributed by atoms with Gasteiger partial charge in [0.1, 0.15) is 0 Å². The number of hydrogen-bond acceptors (Lipinski definition) is 4. The first-order chi connectivity index (χ1) is 12.1. The third-order valence-corrected chi connectivity index (χ3v) is 4.45. The Morgan fingerprint density at radius 2 is 1.88 bits per heavy atom. The SMILES string of the molecule is CCc1ccc(N(CCC(=O)NCCN2CCOCC2)C(C)=O)cc1. The van der Waals surface area contributed by atoms with Gasteiger partial charge in [0.05, 0.1) is 13.2 Å². The summed E-state index contributed by atoms with van der Waals surface area (Å²) in [6.07, 6.45) is 1.27. The molecule has 2 amide bonds. The number of ether oxygens (including phenoxy) is 1. The quantitative estimate of drug-likeness (QED) is 0.773. The average Bonchev–Trinajstić information content (AvgIpc) is 2.63. The molecule has 138 valence electrons. The number of rotatable bonds is 8. The van der Waals surface area contributed by atoms with Gasteiger partial charge in [0, 0.05) is 51.8 Å². The molecule has 6 heteroatoms. The van der Waals surface area contributed by atoms with Gasteiger partial charge in [-0.1, -0.05) is 19.1 Å². The number of carbonyl (C=O) groups is 2. The van der Waals surface area contributed by atoms with Crippen molar-refractivity contribution >= 4 is 17.5 Å². The highest BCUT2D eigenvalue weighted by molar-refractivity contribution is 5.92. The molecule has 0 unspecified atom stereocenters. The number of benzene rings is 1. The van der Waals surface area contributed by atoms with Crippen molar-refractivity contribution in [3.63, 3.8) is 0 Å². The number of anilines is 1. The van der Waals surface area contributed by atoms with E-state index in [1.807, 2.05) is 24.3 Å². The van der Waals surface area contributed by atoms with Gasteiger partial charge in [-0.25, -0.2) is 0 Å². The van der Waals surface area contributed by atoms with E-state index < -0.39 is 0 Å². The lowest BCUT2D eigenvalue weighted by molar-refractivity contribution is -0.121. The van der Waals surface area contributed by atoms with E-state index in [0.29, 0.717) is 19.5 Å². The molecule has 6 nitrogen and oxygen atoms in total. The first kappa shape index (κ1) is 19.4. The average molecular weight is 347 g/mol. The van der Waals surface area contributed by atoms with E-state index in [4.69, 9.17) is 4.74 Å². The van der Waals surface area contributed by atoms with Crippen LogP contribution in [-0.4, -0.2) is 62.7 Å². The van der Waals surface area contributed by atoms with Gasteiger partial charge in [0.15, 0.2) is 0 Å². The Morgan fingerprint density at radius 3 is 2.48 bits per heavy atom. The standard InChI is InChI=1S/C19H29N3O3/c1-3-17-4-6-18(7-5-17)22(16(2)23)10-8-19(24)20-9-11-21-12-14-25-15-13-21/h4-7H,3,8-15H2,1-2H3,(H,20,24). The van der Waals surface area contributed by atoms with E-state index in [1.165, 1.54) is 12.5 Å². The summed E-state index contributed by atoms with van der Waals surface area (Å²) in [6.45, 7) is 8.85. The zero-order chi connectivity index (χ0) is 18.1. The van der Waals surface area contributed by atoms with Crippen molar-refractivity contribution in [3.05, 3.63) is 29.8 Å². The third-order valence-electron chi connectivity index (χ3n) is 4.45. The Bertz CT molecular complexity index is 554. The Hall–Kier alpha value is -1.92. The molecular formula is C19H29N3O3. The van der Waals surface area contributed by atoms with Crippen LogP contribution in [0.4, 0.5) is 5.69 Å². The molecule has 1 saturated heterocycles. The lowest BCUT2D eigenvalue weighted by Gasteiger charge is -2.26. The topological polar surface area (TPSA) is 61.9 Å². The molecule has 25 heavy (non-hydrogen) atoms. The van der Waals surface area contributed by atoms with Crippen LogP contribution >= 0.6 is 0 Å². The van der Waals surface area contributed by atoms with Crippen molar-refractivity contribution in [2.75, 3.05) is 50.8 Å². The van der Waals surface area contributed by atoms with Crippen molar-refractivity contribution in [1.82, 2.24) is 10.2 Å². The van der Waals surface area contributed by atoms with Gasteiger partial charge in [0.2, 0.25) is 11.8 Å². The van der Waals surface area contributed by atoms with E-state index in [0.717, 1.165) is 45.0 Å². The predicted molar refractivity (Wildman–Crippen MR) is 98.7 cm³/mol. The van der Waals surface area contributed by atoms with Crippen LogP contribution < -0.4 is 10.2 Å². The van der Waals surface area contributed by atoms with Crippen LogP contribution in [0.1, 0.15) is 25.8 Å². The first-order valence-corrected chi connectivity index (χ1v) is 9.04. The minimum atomic E-state index is -0.0506. The number of morpholine rings is 1. The normalized spacial score (nSPS) is 15.0. The lowest BCUT2D eigenvalue weighted by atomic mass is 10.1. The molecule has 1 aromatic rings. The number of nitrogens with zero attached hydrogens (tertiary/aromatic N) is 2. The summed E-state index contributed by atoms with van der Waals surface area (Å²) < 4.78 is 5.30. The summed E-state index contributed by atoms with van der Waals surface area (Å²) >= 11 is 0. The predicted octanol–water partition coefficient (Wildman–Crippen LogP) is 1.44. The molecule has 0 aliphatic carbocycles. The Balaban J connectivity index is 1.75. The van der Waals surface area contributed by atoms with Gasteiger partial charge in [-0.05, 0) is 24.1 Å². The summed E-state index contributed by atoms with van der Waals surface area (Å²) in [5.41, 5.74) is 2.07. The largest absolute Gasteiger partial charge is 0.379 e. The van der Waals surface area contributed by atoms with Gasteiger partial charge < -0.3 is 15.0 Å². The minimum Gasteiger partial charge on any atom is -0.379 e. The molecule has 1 aromatic carbocycles. The molecule has 1 aliphatic heterocycles. The first-order valence-electron chi connectivity index (χ1n) is 9.04. The van der Waals surface area contributed by atoms with E-state index >= 15 is 0 Å². The Morgan fingerprint density at radius 1 is 1.20 bits per heavy atom. The molecule has 1 fully saturated rings. The lowest BCUT2D eigenvalue weighted by Crippen LogP contribution is -2.42. The fourth-order valence-electron chi connectivity index (χ4n) is 2.86. The molecule has 2 rings (SSSR count). The summed E-state index contributed by atoms with van der Waals surface area (Å²) in [7, 11) is 0. The van der Waals surface area contributed by atoms with Crippen molar-refractivity contribution in [3.8, 4) is 0 Å². The number of carbonyl (C=O) groups excluding carboxylic acids is 2. The molecule has 1 aliphatic rings. The van der Waals surface area contributed by atoms with E-state index in [9.17, 15) is 9.59 Å². The second-order valence-corrected chi connectivity index (χ2v) is 6.24. The highest BCUT2D eigenvalue weighted by Gasteiger charge is 2.14. The zero-order valence-corrected chi connectivity index (χ0v) is 15.3.